The van der Waals surface area contributed by atoms with Crippen molar-refractivity contribution in [2.45, 2.75) is 6.42 Å². The lowest BCUT2D eigenvalue weighted by atomic mass is 10.2. The summed E-state index contributed by atoms with van der Waals surface area (Å²) in [6, 6.07) is 10.6. The summed E-state index contributed by atoms with van der Waals surface area (Å²) in [5, 5.41) is 2.83. The van der Waals surface area contributed by atoms with Crippen LogP contribution < -0.4 is 14.8 Å². The molecule has 0 fully saturated rings. The highest BCUT2D eigenvalue weighted by molar-refractivity contribution is 7.88. The molecule has 3 aromatic rings. The number of carbonyl (C=O) groups is 1. The SMILES string of the molecule is CS(=O)(=O)NCCCOc1ccc(NC(=O)c2c[nH]c3cccnc23)cc1. The second-order valence-electron chi connectivity index (χ2n) is 5.95. The van der Waals surface area contributed by atoms with Crippen LogP contribution in [0.2, 0.25) is 0 Å². The number of ether oxygens (including phenoxy) is 1. The second-order valence-corrected chi connectivity index (χ2v) is 7.78. The van der Waals surface area contributed by atoms with E-state index in [1.807, 2.05) is 6.07 Å². The summed E-state index contributed by atoms with van der Waals surface area (Å²) in [5.41, 5.74) is 2.54. The van der Waals surface area contributed by atoms with Gasteiger partial charge in [0.1, 0.15) is 11.3 Å². The molecule has 0 bridgehead atoms. The van der Waals surface area contributed by atoms with E-state index in [-0.39, 0.29) is 5.91 Å². The van der Waals surface area contributed by atoms with Crippen LogP contribution in [0.1, 0.15) is 16.8 Å². The number of sulfonamides is 1. The van der Waals surface area contributed by atoms with Crippen molar-refractivity contribution in [2.75, 3.05) is 24.7 Å². The zero-order chi connectivity index (χ0) is 19.3. The summed E-state index contributed by atoms with van der Waals surface area (Å²) in [5.74, 6) is 0.390. The number of hydrogen-bond donors (Lipinski definition) is 3. The number of H-pyrrole nitrogens is 1. The molecule has 0 radical (unpaired) electrons. The predicted octanol–water partition coefficient (Wildman–Crippen LogP) is 2.13. The normalized spacial score (nSPS) is 11.4. The largest absolute Gasteiger partial charge is 0.494 e. The molecule has 27 heavy (non-hydrogen) atoms. The van der Waals surface area contributed by atoms with Gasteiger partial charge < -0.3 is 15.0 Å². The molecule has 0 aliphatic carbocycles. The molecule has 2 heterocycles. The molecule has 142 valence electrons. The highest BCUT2D eigenvalue weighted by Crippen LogP contribution is 2.19. The zero-order valence-corrected chi connectivity index (χ0v) is 15.5. The summed E-state index contributed by atoms with van der Waals surface area (Å²) < 4.78 is 29.9. The highest BCUT2D eigenvalue weighted by atomic mass is 32.2. The molecule has 9 heteroatoms. The van der Waals surface area contributed by atoms with Crippen molar-refractivity contribution in [3.8, 4) is 5.75 Å². The molecule has 0 aliphatic rings. The molecule has 0 saturated heterocycles. The number of anilines is 1. The first-order valence-corrected chi connectivity index (χ1v) is 10.2. The fourth-order valence-corrected chi connectivity index (χ4v) is 3.00. The number of benzene rings is 1. The van der Waals surface area contributed by atoms with Gasteiger partial charge in [-0.2, -0.15) is 0 Å². The van der Waals surface area contributed by atoms with Crippen molar-refractivity contribution in [3.05, 3.63) is 54.4 Å². The van der Waals surface area contributed by atoms with Crippen molar-refractivity contribution in [1.82, 2.24) is 14.7 Å². The average Bonchev–Trinajstić information content (AvgIpc) is 3.06. The molecule has 3 rings (SSSR count). The molecule has 0 atom stereocenters. The number of amides is 1. The molecule has 0 aliphatic heterocycles. The summed E-state index contributed by atoms with van der Waals surface area (Å²) in [6.07, 6.45) is 4.95. The third-order valence-electron chi connectivity index (χ3n) is 3.75. The Balaban J connectivity index is 1.52. The molecule has 0 spiro atoms. The number of aromatic amines is 1. The van der Waals surface area contributed by atoms with Crippen molar-refractivity contribution in [2.24, 2.45) is 0 Å². The van der Waals surface area contributed by atoms with Crippen LogP contribution in [0.4, 0.5) is 5.69 Å². The first kappa shape index (κ1) is 18.9. The number of pyridine rings is 1. The molecule has 2 aromatic heterocycles. The number of carbonyl (C=O) groups excluding carboxylic acids is 1. The molecular formula is C18H20N4O4S. The van der Waals surface area contributed by atoms with Gasteiger partial charge in [-0.15, -0.1) is 0 Å². The summed E-state index contributed by atoms with van der Waals surface area (Å²) in [6.45, 7) is 0.709. The predicted molar refractivity (Wildman–Crippen MR) is 103 cm³/mol. The minimum atomic E-state index is -3.17. The number of nitrogens with zero attached hydrogens (tertiary/aromatic N) is 1. The Morgan fingerprint density at radius 1 is 1.22 bits per heavy atom. The Hall–Kier alpha value is -2.91. The molecule has 1 aromatic carbocycles. The Morgan fingerprint density at radius 2 is 2.00 bits per heavy atom. The van der Waals surface area contributed by atoms with Crippen molar-refractivity contribution < 1.29 is 17.9 Å². The standard InChI is InChI=1S/C18H20N4O4S/c1-27(24,25)21-10-3-11-26-14-7-5-13(6-8-14)22-18(23)15-12-20-16-4-2-9-19-17(15)16/h2,4-9,12,20-21H,3,10-11H2,1H3,(H,22,23). The van der Waals surface area contributed by atoms with Crippen LogP contribution in [-0.4, -0.2) is 43.7 Å². The molecule has 3 N–H and O–H groups in total. The second kappa shape index (κ2) is 8.19. The van der Waals surface area contributed by atoms with E-state index in [0.717, 1.165) is 11.8 Å². The minimum Gasteiger partial charge on any atom is -0.494 e. The van der Waals surface area contributed by atoms with Gasteiger partial charge in [0, 0.05) is 24.6 Å². The van der Waals surface area contributed by atoms with Gasteiger partial charge in [0.05, 0.1) is 23.9 Å². The third-order valence-corrected chi connectivity index (χ3v) is 4.47. The van der Waals surface area contributed by atoms with Gasteiger partial charge in [0.2, 0.25) is 10.0 Å². The Morgan fingerprint density at radius 3 is 2.74 bits per heavy atom. The van der Waals surface area contributed by atoms with Crippen molar-refractivity contribution >= 4 is 32.7 Å². The lowest BCUT2D eigenvalue weighted by molar-refractivity contribution is 0.102. The molecule has 8 nitrogen and oxygen atoms in total. The van der Waals surface area contributed by atoms with Crippen LogP contribution in [0, 0.1) is 0 Å². The van der Waals surface area contributed by atoms with E-state index in [1.165, 1.54) is 0 Å². The first-order valence-electron chi connectivity index (χ1n) is 8.33. The van der Waals surface area contributed by atoms with E-state index >= 15 is 0 Å². The summed E-state index contributed by atoms with van der Waals surface area (Å²) in [4.78, 5) is 19.7. The Bertz CT molecular complexity index is 1030. The van der Waals surface area contributed by atoms with Crippen LogP contribution in [0.3, 0.4) is 0 Å². The molecular weight excluding hydrogens is 368 g/mol. The quantitative estimate of drug-likeness (QED) is 0.512. The van der Waals surface area contributed by atoms with E-state index in [9.17, 15) is 13.2 Å². The van der Waals surface area contributed by atoms with Crippen LogP contribution >= 0.6 is 0 Å². The number of aromatic nitrogens is 2. The maximum Gasteiger partial charge on any atom is 0.259 e. The molecule has 0 unspecified atom stereocenters. The topological polar surface area (TPSA) is 113 Å². The van der Waals surface area contributed by atoms with E-state index in [1.54, 1.807) is 42.7 Å². The van der Waals surface area contributed by atoms with Gasteiger partial charge in [-0.05, 0) is 42.8 Å². The Kier molecular flexibility index (Phi) is 5.72. The van der Waals surface area contributed by atoms with E-state index in [0.29, 0.717) is 42.1 Å². The minimum absolute atomic E-state index is 0.250. The number of fused-ring (bicyclic) bond motifs is 1. The number of hydrogen-bond acceptors (Lipinski definition) is 5. The average molecular weight is 388 g/mol. The summed E-state index contributed by atoms with van der Waals surface area (Å²) >= 11 is 0. The maximum atomic E-state index is 12.4. The van der Waals surface area contributed by atoms with Crippen molar-refractivity contribution in [1.29, 1.82) is 0 Å². The molecule has 0 saturated carbocycles. The van der Waals surface area contributed by atoms with Gasteiger partial charge in [-0.25, -0.2) is 13.1 Å². The van der Waals surface area contributed by atoms with Gasteiger partial charge in [-0.1, -0.05) is 0 Å². The number of nitrogens with one attached hydrogen (secondary N) is 3. The first-order chi connectivity index (χ1) is 12.9. The van der Waals surface area contributed by atoms with Crippen LogP contribution in [0.15, 0.2) is 48.8 Å². The van der Waals surface area contributed by atoms with Crippen molar-refractivity contribution in [3.63, 3.8) is 0 Å². The van der Waals surface area contributed by atoms with Crippen LogP contribution in [0.25, 0.3) is 11.0 Å². The Labute approximate surface area is 157 Å². The van der Waals surface area contributed by atoms with Gasteiger partial charge >= 0.3 is 0 Å². The monoisotopic (exact) mass is 388 g/mol. The third kappa shape index (κ3) is 5.28. The fourth-order valence-electron chi connectivity index (χ4n) is 2.48. The smallest absolute Gasteiger partial charge is 0.259 e. The van der Waals surface area contributed by atoms with Crippen LogP contribution in [0.5, 0.6) is 5.75 Å². The summed E-state index contributed by atoms with van der Waals surface area (Å²) in [7, 11) is -3.17. The maximum absolute atomic E-state index is 12.4. The van der Waals surface area contributed by atoms with Gasteiger partial charge in [-0.3, -0.25) is 9.78 Å². The van der Waals surface area contributed by atoms with E-state index < -0.39 is 10.0 Å². The lowest BCUT2D eigenvalue weighted by Crippen LogP contribution is -2.24. The van der Waals surface area contributed by atoms with Crippen LogP contribution in [-0.2, 0) is 10.0 Å². The van der Waals surface area contributed by atoms with Gasteiger partial charge in [0.25, 0.3) is 5.91 Å². The van der Waals surface area contributed by atoms with Gasteiger partial charge in [0.15, 0.2) is 0 Å². The number of rotatable bonds is 8. The molecule has 1 amide bonds. The fraction of sp³-hybridized carbons (Fsp3) is 0.222. The van der Waals surface area contributed by atoms with E-state index in [2.05, 4.69) is 20.0 Å². The zero-order valence-electron chi connectivity index (χ0n) is 14.7. The lowest BCUT2D eigenvalue weighted by Gasteiger charge is -2.08. The van der Waals surface area contributed by atoms with E-state index in [4.69, 9.17) is 4.74 Å². The highest BCUT2D eigenvalue weighted by Gasteiger charge is 2.13.